The van der Waals surface area contributed by atoms with E-state index < -0.39 is 23.0 Å². The third kappa shape index (κ3) is 4.36. The summed E-state index contributed by atoms with van der Waals surface area (Å²) in [6.45, 7) is 5.52. The highest BCUT2D eigenvalue weighted by molar-refractivity contribution is 6.05. The Labute approximate surface area is 170 Å². The van der Waals surface area contributed by atoms with Gasteiger partial charge in [0.25, 0.3) is 11.6 Å². The van der Waals surface area contributed by atoms with E-state index in [1.165, 1.54) is 23.1 Å². The van der Waals surface area contributed by atoms with Crippen LogP contribution in [0.2, 0.25) is 0 Å². The van der Waals surface area contributed by atoms with Crippen LogP contribution in [0.4, 0.5) is 11.4 Å². The Balaban J connectivity index is 1.96. The lowest BCUT2D eigenvalue weighted by atomic mass is 9.97. The summed E-state index contributed by atoms with van der Waals surface area (Å²) in [5, 5.41) is 11.3. The molecule has 8 heteroatoms. The van der Waals surface area contributed by atoms with Crippen molar-refractivity contribution >= 4 is 23.3 Å². The standard InChI is InChI=1S/C21H28N2O6/c1-4-16(21(25)28-15-8-6-5-7-9-15)22-17-12-14(23(26)27)10-11-18(17)29-19(13(2)3)20(22)24/h10-13,15-16,19H,4-9H2,1-3H3. The summed E-state index contributed by atoms with van der Waals surface area (Å²) in [5.74, 6) is -0.604. The number of benzene rings is 1. The summed E-state index contributed by atoms with van der Waals surface area (Å²) < 4.78 is 11.6. The quantitative estimate of drug-likeness (QED) is 0.404. The van der Waals surface area contributed by atoms with Gasteiger partial charge in [-0.3, -0.25) is 19.8 Å². The number of amides is 1. The molecule has 0 spiro atoms. The maximum atomic E-state index is 13.2. The molecule has 8 nitrogen and oxygen atoms in total. The van der Waals surface area contributed by atoms with Crippen molar-refractivity contribution in [3.8, 4) is 5.75 Å². The van der Waals surface area contributed by atoms with Gasteiger partial charge in [0.05, 0.1) is 10.6 Å². The third-order valence-corrected chi connectivity index (χ3v) is 5.56. The van der Waals surface area contributed by atoms with Crippen molar-refractivity contribution in [2.75, 3.05) is 4.90 Å². The van der Waals surface area contributed by atoms with Crippen LogP contribution in [0.25, 0.3) is 0 Å². The first-order valence-electron chi connectivity index (χ1n) is 10.3. The van der Waals surface area contributed by atoms with E-state index in [1.54, 1.807) is 6.92 Å². The lowest BCUT2D eigenvalue weighted by molar-refractivity contribution is -0.384. The number of hydrogen-bond donors (Lipinski definition) is 0. The molecule has 29 heavy (non-hydrogen) atoms. The number of fused-ring (bicyclic) bond motifs is 1. The van der Waals surface area contributed by atoms with Crippen molar-refractivity contribution in [2.45, 2.75) is 77.5 Å². The highest BCUT2D eigenvalue weighted by atomic mass is 16.6. The fourth-order valence-corrected chi connectivity index (χ4v) is 3.97. The fraction of sp³-hybridized carbons (Fsp3) is 0.619. The average Bonchev–Trinajstić information content (AvgIpc) is 2.69. The molecule has 2 unspecified atom stereocenters. The molecule has 158 valence electrons. The first-order valence-corrected chi connectivity index (χ1v) is 10.3. The molecule has 1 amide bonds. The zero-order chi connectivity index (χ0) is 21.1. The SMILES string of the molecule is CCC(C(=O)OC1CCCCC1)N1C(=O)C(C(C)C)Oc2ccc([N+](=O)[O-])cc21. The van der Waals surface area contributed by atoms with Crippen LogP contribution >= 0.6 is 0 Å². The Kier molecular flexibility index (Phi) is 6.39. The zero-order valence-corrected chi connectivity index (χ0v) is 17.1. The Morgan fingerprint density at radius 3 is 2.59 bits per heavy atom. The second-order valence-electron chi connectivity index (χ2n) is 8.02. The molecule has 1 aliphatic carbocycles. The maximum Gasteiger partial charge on any atom is 0.329 e. The summed E-state index contributed by atoms with van der Waals surface area (Å²) in [4.78, 5) is 38.3. The monoisotopic (exact) mass is 404 g/mol. The molecule has 0 radical (unpaired) electrons. The molecule has 1 heterocycles. The Morgan fingerprint density at radius 2 is 2.00 bits per heavy atom. The molecule has 2 aliphatic rings. The smallest absolute Gasteiger partial charge is 0.329 e. The first-order chi connectivity index (χ1) is 13.8. The summed E-state index contributed by atoms with van der Waals surface area (Å²) in [6.07, 6.45) is 4.29. The number of hydrogen-bond acceptors (Lipinski definition) is 6. The van der Waals surface area contributed by atoms with E-state index in [2.05, 4.69) is 0 Å². The molecular formula is C21H28N2O6. The predicted molar refractivity (Wildman–Crippen MR) is 107 cm³/mol. The molecule has 0 bridgehead atoms. The van der Waals surface area contributed by atoms with Gasteiger partial charge in [-0.2, -0.15) is 0 Å². The van der Waals surface area contributed by atoms with Gasteiger partial charge in [-0.1, -0.05) is 27.2 Å². The zero-order valence-electron chi connectivity index (χ0n) is 17.1. The molecule has 1 aromatic rings. The number of rotatable bonds is 6. The van der Waals surface area contributed by atoms with Gasteiger partial charge in [-0.05, 0) is 44.1 Å². The van der Waals surface area contributed by atoms with Crippen molar-refractivity contribution in [1.82, 2.24) is 0 Å². The van der Waals surface area contributed by atoms with Gasteiger partial charge in [0, 0.05) is 12.1 Å². The van der Waals surface area contributed by atoms with E-state index in [0.717, 1.165) is 32.1 Å². The van der Waals surface area contributed by atoms with E-state index in [0.29, 0.717) is 12.2 Å². The second kappa shape index (κ2) is 8.80. The van der Waals surface area contributed by atoms with Crippen molar-refractivity contribution in [3.63, 3.8) is 0 Å². The van der Waals surface area contributed by atoms with E-state index in [4.69, 9.17) is 9.47 Å². The van der Waals surface area contributed by atoms with Gasteiger partial charge < -0.3 is 9.47 Å². The lowest BCUT2D eigenvalue weighted by Gasteiger charge is -2.39. The molecule has 1 fully saturated rings. The minimum Gasteiger partial charge on any atom is -0.478 e. The number of esters is 1. The van der Waals surface area contributed by atoms with Gasteiger partial charge >= 0.3 is 5.97 Å². The topological polar surface area (TPSA) is 99.0 Å². The lowest BCUT2D eigenvalue weighted by Crippen LogP contribution is -2.55. The number of nitro benzene ring substituents is 1. The predicted octanol–water partition coefficient (Wildman–Crippen LogP) is 4.00. The highest BCUT2D eigenvalue weighted by Crippen LogP contribution is 2.40. The van der Waals surface area contributed by atoms with Crippen LogP contribution in [-0.4, -0.2) is 35.0 Å². The Bertz CT molecular complexity index is 787. The highest BCUT2D eigenvalue weighted by Gasteiger charge is 2.43. The summed E-state index contributed by atoms with van der Waals surface area (Å²) in [5.41, 5.74) is 0.0807. The van der Waals surface area contributed by atoms with Gasteiger partial charge in [0.2, 0.25) is 0 Å². The van der Waals surface area contributed by atoms with Crippen LogP contribution in [0, 0.1) is 16.0 Å². The molecule has 1 aliphatic heterocycles. The molecular weight excluding hydrogens is 376 g/mol. The minimum atomic E-state index is -0.852. The minimum absolute atomic E-state index is 0.125. The van der Waals surface area contributed by atoms with Crippen LogP contribution in [0.1, 0.15) is 59.3 Å². The number of carbonyl (C=O) groups is 2. The number of nitrogens with zero attached hydrogens (tertiary/aromatic N) is 2. The summed E-state index contributed by atoms with van der Waals surface area (Å²) in [6, 6.07) is 3.27. The van der Waals surface area contributed by atoms with E-state index in [-0.39, 0.29) is 29.3 Å². The maximum absolute atomic E-state index is 13.2. The molecule has 0 aromatic heterocycles. The molecule has 1 saturated carbocycles. The van der Waals surface area contributed by atoms with Crippen molar-refractivity contribution < 1.29 is 24.0 Å². The van der Waals surface area contributed by atoms with Gasteiger partial charge in [0.15, 0.2) is 6.10 Å². The fourth-order valence-electron chi connectivity index (χ4n) is 3.97. The van der Waals surface area contributed by atoms with Crippen LogP contribution in [0.15, 0.2) is 18.2 Å². The third-order valence-electron chi connectivity index (χ3n) is 5.56. The first kappa shape index (κ1) is 21.1. The molecule has 0 N–H and O–H groups in total. The molecule has 2 atom stereocenters. The van der Waals surface area contributed by atoms with E-state index in [1.807, 2.05) is 13.8 Å². The normalized spacial score (nSPS) is 20.8. The van der Waals surface area contributed by atoms with Crippen LogP contribution in [0.5, 0.6) is 5.75 Å². The number of non-ortho nitro benzene ring substituents is 1. The Morgan fingerprint density at radius 1 is 1.31 bits per heavy atom. The molecule has 1 aromatic carbocycles. The van der Waals surface area contributed by atoms with Crippen molar-refractivity contribution in [3.05, 3.63) is 28.3 Å². The molecule has 0 saturated heterocycles. The number of carbonyl (C=O) groups excluding carboxylic acids is 2. The van der Waals surface area contributed by atoms with Crippen LogP contribution < -0.4 is 9.64 Å². The van der Waals surface area contributed by atoms with Gasteiger partial charge in [-0.15, -0.1) is 0 Å². The summed E-state index contributed by atoms with van der Waals surface area (Å²) in [7, 11) is 0. The molecule has 3 rings (SSSR count). The number of ether oxygens (including phenoxy) is 2. The van der Waals surface area contributed by atoms with Gasteiger partial charge in [0.1, 0.15) is 17.9 Å². The number of anilines is 1. The summed E-state index contributed by atoms with van der Waals surface area (Å²) >= 11 is 0. The van der Waals surface area contributed by atoms with Crippen LogP contribution in [-0.2, 0) is 14.3 Å². The van der Waals surface area contributed by atoms with E-state index >= 15 is 0 Å². The Hall–Kier alpha value is -2.64. The van der Waals surface area contributed by atoms with Crippen LogP contribution in [0.3, 0.4) is 0 Å². The van der Waals surface area contributed by atoms with Crippen molar-refractivity contribution in [1.29, 1.82) is 0 Å². The average molecular weight is 404 g/mol. The number of nitro groups is 1. The van der Waals surface area contributed by atoms with E-state index in [9.17, 15) is 19.7 Å². The van der Waals surface area contributed by atoms with Crippen molar-refractivity contribution in [2.24, 2.45) is 5.92 Å². The largest absolute Gasteiger partial charge is 0.478 e. The second-order valence-corrected chi connectivity index (χ2v) is 8.02. The van der Waals surface area contributed by atoms with Gasteiger partial charge in [-0.25, -0.2) is 4.79 Å².